The number of carbonyl (C=O) groups excluding carboxylic acids is 2. The van der Waals surface area contributed by atoms with Crippen molar-refractivity contribution in [1.29, 1.82) is 0 Å². The Morgan fingerprint density at radius 3 is 2.42 bits per heavy atom. The second-order valence-electron chi connectivity index (χ2n) is 13.9. The first kappa shape index (κ1) is 33.6. The van der Waals surface area contributed by atoms with Crippen LogP contribution in [0, 0.1) is 5.92 Å². The summed E-state index contributed by atoms with van der Waals surface area (Å²) in [6.45, 7) is 12.8. The molecular formula is C32H45F3N4O5Si. The fourth-order valence-electron chi connectivity index (χ4n) is 6.02. The number of anilines is 1. The van der Waals surface area contributed by atoms with E-state index >= 15 is 0 Å². The van der Waals surface area contributed by atoms with Gasteiger partial charge in [-0.1, -0.05) is 26.8 Å². The Labute approximate surface area is 263 Å². The summed E-state index contributed by atoms with van der Waals surface area (Å²) in [5.41, 5.74) is 0.552. The van der Waals surface area contributed by atoms with Gasteiger partial charge in [0.05, 0.1) is 37.1 Å². The second kappa shape index (κ2) is 12.8. The number of nitrogens with one attached hydrogen (secondary N) is 1. The number of alkyl halides is 3. The molecule has 0 unspecified atom stereocenters. The van der Waals surface area contributed by atoms with E-state index in [1.807, 2.05) is 4.68 Å². The van der Waals surface area contributed by atoms with Gasteiger partial charge in [0.2, 0.25) is 0 Å². The third kappa shape index (κ3) is 7.01. The maximum atomic E-state index is 14.4. The van der Waals surface area contributed by atoms with Crippen LogP contribution in [0.1, 0.15) is 85.6 Å². The Kier molecular flexibility index (Phi) is 9.57. The zero-order chi connectivity index (χ0) is 32.7. The van der Waals surface area contributed by atoms with Crippen LogP contribution in [0.5, 0.6) is 0 Å². The summed E-state index contributed by atoms with van der Waals surface area (Å²) in [6, 6.07) is 3.32. The molecule has 5 rings (SSSR count). The molecular weight excluding hydrogens is 605 g/mol. The SMILES string of the molecule is COCCN1C(=O)[C@H](NC(=O)c2cccc(C(F)(F)F)c2)[C@H](C2CC2)c2c(CO[Si](C)(C)C(C)(C)C)nn(C3CCOCC3)c21. The van der Waals surface area contributed by atoms with Gasteiger partial charge in [0.25, 0.3) is 11.8 Å². The van der Waals surface area contributed by atoms with E-state index in [4.69, 9.17) is 19.0 Å². The fourth-order valence-corrected chi connectivity index (χ4v) is 6.95. The third-order valence-electron chi connectivity index (χ3n) is 9.78. The van der Waals surface area contributed by atoms with E-state index < -0.39 is 37.9 Å². The van der Waals surface area contributed by atoms with Crippen molar-refractivity contribution in [3.63, 3.8) is 0 Å². The van der Waals surface area contributed by atoms with Crippen LogP contribution >= 0.6 is 0 Å². The predicted octanol–water partition coefficient (Wildman–Crippen LogP) is 6.06. The van der Waals surface area contributed by atoms with Gasteiger partial charge < -0.3 is 19.2 Å². The van der Waals surface area contributed by atoms with E-state index in [1.165, 1.54) is 12.1 Å². The smallest absolute Gasteiger partial charge is 0.411 e. The first-order valence-electron chi connectivity index (χ1n) is 15.8. The highest BCUT2D eigenvalue weighted by molar-refractivity contribution is 6.74. The van der Waals surface area contributed by atoms with E-state index in [1.54, 1.807) is 12.0 Å². The number of amides is 2. The van der Waals surface area contributed by atoms with E-state index in [-0.39, 0.29) is 48.2 Å². The third-order valence-corrected chi connectivity index (χ3v) is 14.3. The number of aromatic nitrogens is 2. The maximum Gasteiger partial charge on any atom is 0.416 e. The minimum atomic E-state index is -4.60. The molecule has 2 aromatic rings. The minimum Gasteiger partial charge on any atom is -0.411 e. The van der Waals surface area contributed by atoms with Gasteiger partial charge in [0, 0.05) is 37.4 Å². The lowest BCUT2D eigenvalue weighted by Crippen LogP contribution is -2.56. The van der Waals surface area contributed by atoms with Gasteiger partial charge in [-0.15, -0.1) is 0 Å². The largest absolute Gasteiger partial charge is 0.416 e. The molecule has 45 heavy (non-hydrogen) atoms. The second-order valence-corrected chi connectivity index (χ2v) is 18.7. The van der Waals surface area contributed by atoms with Crippen molar-refractivity contribution in [3.8, 4) is 0 Å². The molecule has 3 heterocycles. The van der Waals surface area contributed by atoms with Crippen molar-refractivity contribution < 1.29 is 36.7 Å². The number of carbonyl (C=O) groups is 2. The number of benzene rings is 1. The van der Waals surface area contributed by atoms with Crippen LogP contribution in [0.25, 0.3) is 0 Å². The first-order chi connectivity index (χ1) is 21.1. The van der Waals surface area contributed by atoms with Crippen LogP contribution in [0.2, 0.25) is 18.1 Å². The molecule has 1 aromatic carbocycles. The Balaban J connectivity index is 1.60. The molecule has 0 radical (unpaired) electrons. The molecule has 9 nitrogen and oxygen atoms in total. The number of hydrogen-bond acceptors (Lipinski definition) is 6. The Morgan fingerprint density at radius 2 is 1.82 bits per heavy atom. The number of nitrogens with zero attached hydrogens (tertiary/aromatic N) is 3. The van der Waals surface area contributed by atoms with Crippen molar-refractivity contribution in [1.82, 2.24) is 15.1 Å². The molecule has 2 aliphatic heterocycles. The summed E-state index contributed by atoms with van der Waals surface area (Å²) >= 11 is 0. The topological polar surface area (TPSA) is 94.9 Å². The number of methoxy groups -OCH3 is 1. The fraction of sp³-hybridized carbons (Fsp3) is 0.656. The van der Waals surface area contributed by atoms with Gasteiger partial charge in [0.1, 0.15) is 11.9 Å². The highest BCUT2D eigenvalue weighted by Crippen LogP contribution is 2.52. The van der Waals surface area contributed by atoms with E-state index in [2.05, 4.69) is 39.2 Å². The van der Waals surface area contributed by atoms with Gasteiger partial charge in [-0.25, -0.2) is 4.68 Å². The van der Waals surface area contributed by atoms with Crippen LogP contribution in [0.3, 0.4) is 0 Å². The highest BCUT2D eigenvalue weighted by atomic mass is 28.4. The lowest BCUT2D eigenvalue weighted by Gasteiger charge is -2.40. The summed E-state index contributed by atoms with van der Waals surface area (Å²) in [5, 5.41) is 7.98. The molecule has 248 valence electrons. The maximum absolute atomic E-state index is 14.4. The van der Waals surface area contributed by atoms with Crippen LogP contribution in [-0.4, -0.2) is 69.4 Å². The molecule has 3 aliphatic rings. The highest BCUT2D eigenvalue weighted by Gasteiger charge is 2.52. The lowest BCUT2D eigenvalue weighted by molar-refractivity contribution is -0.137. The van der Waals surface area contributed by atoms with Crippen LogP contribution in [-0.2, 0) is 31.5 Å². The van der Waals surface area contributed by atoms with E-state index in [9.17, 15) is 22.8 Å². The van der Waals surface area contributed by atoms with Gasteiger partial charge in [0.15, 0.2) is 8.32 Å². The Morgan fingerprint density at radius 1 is 1.13 bits per heavy atom. The zero-order valence-corrected chi connectivity index (χ0v) is 28.0. The minimum absolute atomic E-state index is 0.0167. The number of ether oxygens (including phenoxy) is 2. The molecule has 1 aliphatic carbocycles. The van der Waals surface area contributed by atoms with Crippen molar-refractivity contribution in [2.24, 2.45) is 5.92 Å². The zero-order valence-electron chi connectivity index (χ0n) is 27.0. The standard InChI is InChI=1S/C32H45F3N4O5Si/c1-31(2,3)45(5,6)44-19-24-26-25(20-10-11-20)27(36-28(40)21-8-7-9-22(18-21)32(33,34)35)30(41)38(14-17-42-4)29(26)39(37-24)23-12-15-43-16-13-23/h7-9,18,20,23,25,27H,10-17,19H2,1-6H3,(H,36,40)/t25-,27-/m1/s1. The number of hydrogen-bond donors (Lipinski definition) is 1. The van der Waals surface area contributed by atoms with Crippen molar-refractivity contribution in [2.45, 2.75) is 95.4 Å². The van der Waals surface area contributed by atoms with Gasteiger partial charge in [-0.3, -0.25) is 14.5 Å². The van der Waals surface area contributed by atoms with Crippen LogP contribution in [0.15, 0.2) is 24.3 Å². The lowest BCUT2D eigenvalue weighted by atomic mass is 9.82. The quantitative estimate of drug-likeness (QED) is 0.314. The van der Waals surface area contributed by atoms with Crippen LogP contribution in [0.4, 0.5) is 19.0 Å². The molecule has 2 atom stereocenters. The van der Waals surface area contributed by atoms with E-state index in [0.717, 1.165) is 49.1 Å². The molecule has 1 aromatic heterocycles. The molecule has 1 saturated carbocycles. The summed E-state index contributed by atoms with van der Waals surface area (Å²) in [6.07, 6.45) is -1.37. The molecule has 2 fully saturated rings. The number of fused-ring (bicyclic) bond motifs is 1. The van der Waals surface area contributed by atoms with Crippen molar-refractivity contribution >= 4 is 25.9 Å². The average molecular weight is 651 g/mol. The van der Waals surface area contributed by atoms with Crippen molar-refractivity contribution in [3.05, 3.63) is 46.6 Å². The van der Waals surface area contributed by atoms with E-state index in [0.29, 0.717) is 19.0 Å². The molecule has 2 amide bonds. The number of rotatable bonds is 10. The molecule has 13 heteroatoms. The average Bonchev–Trinajstić information content (AvgIpc) is 3.76. The Hall–Kier alpha value is -2.74. The van der Waals surface area contributed by atoms with Crippen molar-refractivity contribution in [2.75, 3.05) is 38.4 Å². The van der Waals surface area contributed by atoms with Gasteiger partial charge in [-0.2, -0.15) is 18.3 Å². The first-order valence-corrected chi connectivity index (χ1v) is 18.7. The molecule has 1 N–H and O–H groups in total. The molecule has 0 spiro atoms. The monoisotopic (exact) mass is 650 g/mol. The molecule has 0 bridgehead atoms. The summed E-state index contributed by atoms with van der Waals surface area (Å²) in [7, 11) is -0.629. The Bertz CT molecular complexity index is 1400. The number of halogens is 3. The predicted molar refractivity (Wildman–Crippen MR) is 166 cm³/mol. The summed E-state index contributed by atoms with van der Waals surface area (Å²) in [4.78, 5) is 29.6. The summed E-state index contributed by atoms with van der Waals surface area (Å²) in [5.74, 6) is -0.618. The summed E-state index contributed by atoms with van der Waals surface area (Å²) < 4.78 is 60.1. The molecule has 1 saturated heterocycles. The normalized spacial score (nSPS) is 21.6. The van der Waals surface area contributed by atoms with Crippen LogP contribution < -0.4 is 10.2 Å². The van der Waals surface area contributed by atoms with Gasteiger partial charge in [-0.05, 0) is 67.9 Å². The van der Waals surface area contributed by atoms with Gasteiger partial charge >= 0.3 is 6.18 Å².